The zero-order valence-electron chi connectivity index (χ0n) is 9.81. The lowest BCUT2D eigenvalue weighted by Gasteiger charge is -2.32. The summed E-state index contributed by atoms with van der Waals surface area (Å²) in [6.07, 6.45) is 1.97. The van der Waals surface area contributed by atoms with Crippen LogP contribution < -0.4 is 5.73 Å². The highest BCUT2D eigenvalue weighted by atomic mass is 79.9. The minimum Gasteiger partial charge on any atom is -0.374 e. The first-order chi connectivity index (χ1) is 8.19. The van der Waals surface area contributed by atoms with E-state index in [2.05, 4.69) is 41.7 Å². The van der Waals surface area contributed by atoms with Crippen molar-refractivity contribution >= 4 is 44.3 Å². The molecule has 1 aliphatic heterocycles. The SMILES string of the molecule is Cl.NCC1CN(Cc2ncc(Br)cc2Br)CCO1. The first-order valence-corrected chi connectivity index (χ1v) is 7.11. The third-order valence-electron chi connectivity index (χ3n) is 2.74. The molecule has 1 aromatic rings. The molecular formula is C11H16Br2ClN3O. The molecule has 0 saturated carbocycles. The van der Waals surface area contributed by atoms with E-state index in [1.54, 1.807) is 0 Å². The predicted molar refractivity (Wildman–Crippen MR) is 81.0 cm³/mol. The van der Waals surface area contributed by atoms with Crippen molar-refractivity contribution in [3.63, 3.8) is 0 Å². The van der Waals surface area contributed by atoms with Gasteiger partial charge in [-0.25, -0.2) is 0 Å². The quantitative estimate of drug-likeness (QED) is 0.844. The van der Waals surface area contributed by atoms with Crippen LogP contribution in [0, 0.1) is 0 Å². The molecule has 1 aliphatic rings. The van der Waals surface area contributed by atoms with E-state index in [0.717, 1.165) is 40.9 Å². The molecule has 102 valence electrons. The minimum absolute atomic E-state index is 0. The molecule has 0 amide bonds. The van der Waals surface area contributed by atoms with E-state index in [1.807, 2.05) is 12.3 Å². The van der Waals surface area contributed by atoms with Gasteiger partial charge in [0.2, 0.25) is 0 Å². The molecule has 0 radical (unpaired) electrons. The fraction of sp³-hybridized carbons (Fsp3) is 0.545. The molecule has 1 unspecified atom stereocenters. The zero-order chi connectivity index (χ0) is 12.3. The number of hydrogen-bond donors (Lipinski definition) is 1. The van der Waals surface area contributed by atoms with Crippen molar-refractivity contribution in [2.24, 2.45) is 5.73 Å². The van der Waals surface area contributed by atoms with Gasteiger partial charge in [-0.05, 0) is 37.9 Å². The van der Waals surface area contributed by atoms with E-state index >= 15 is 0 Å². The molecule has 1 saturated heterocycles. The molecule has 1 aromatic heterocycles. The van der Waals surface area contributed by atoms with E-state index < -0.39 is 0 Å². The van der Waals surface area contributed by atoms with Gasteiger partial charge in [-0.2, -0.15) is 0 Å². The maximum absolute atomic E-state index is 5.63. The Morgan fingerprint density at radius 3 is 2.94 bits per heavy atom. The molecule has 0 spiro atoms. The number of halogens is 3. The Hall–Kier alpha value is 0.280. The van der Waals surface area contributed by atoms with Gasteiger partial charge in [-0.15, -0.1) is 12.4 Å². The predicted octanol–water partition coefficient (Wildman–Crippen LogP) is 2.19. The summed E-state index contributed by atoms with van der Waals surface area (Å²) in [5.74, 6) is 0. The van der Waals surface area contributed by atoms with Gasteiger partial charge in [0.1, 0.15) is 0 Å². The van der Waals surface area contributed by atoms with E-state index in [9.17, 15) is 0 Å². The number of morpholine rings is 1. The van der Waals surface area contributed by atoms with Crippen LogP contribution in [0.5, 0.6) is 0 Å². The molecule has 7 heteroatoms. The number of aromatic nitrogens is 1. The van der Waals surface area contributed by atoms with Crippen molar-refractivity contribution in [1.82, 2.24) is 9.88 Å². The monoisotopic (exact) mass is 399 g/mol. The van der Waals surface area contributed by atoms with Crippen LogP contribution in [0.2, 0.25) is 0 Å². The van der Waals surface area contributed by atoms with Crippen molar-refractivity contribution in [3.05, 3.63) is 26.9 Å². The lowest BCUT2D eigenvalue weighted by atomic mass is 10.2. The summed E-state index contributed by atoms with van der Waals surface area (Å²) in [6, 6.07) is 2.02. The second-order valence-electron chi connectivity index (χ2n) is 4.05. The number of nitrogens with zero attached hydrogens (tertiary/aromatic N) is 2. The largest absolute Gasteiger partial charge is 0.374 e. The number of nitrogens with two attached hydrogens (primary N) is 1. The van der Waals surface area contributed by atoms with Crippen molar-refractivity contribution in [2.75, 3.05) is 26.2 Å². The Labute approximate surface area is 130 Å². The fourth-order valence-electron chi connectivity index (χ4n) is 1.84. The molecule has 18 heavy (non-hydrogen) atoms. The summed E-state index contributed by atoms with van der Waals surface area (Å²) in [5.41, 5.74) is 6.67. The van der Waals surface area contributed by atoms with Gasteiger partial charge < -0.3 is 10.5 Å². The van der Waals surface area contributed by atoms with Crippen LogP contribution in [-0.2, 0) is 11.3 Å². The van der Waals surface area contributed by atoms with Crippen LogP contribution in [0.25, 0.3) is 0 Å². The lowest BCUT2D eigenvalue weighted by molar-refractivity contribution is -0.0264. The second kappa shape index (κ2) is 7.77. The van der Waals surface area contributed by atoms with E-state index in [1.165, 1.54) is 0 Å². The van der Waals surface area contributed by atoms with Gasteiger partial charge in [-0.3, -0.25) is 9.88 Å². The summed E-state index contributed by atoms with van der Waals surface area (Å²) in [6.45, 7) is 3.95. The Bertz CT molecular complexity index is 395. The van der Waals surface area contributed by atoms with Crippen molar-refractivity contribution in [3.8, 4) is 0 Å². The number of hydrogen-bond acceptors (Lipinski definition) is 4. The van der Waals surface area contributed by atoms with Gasteiger partial charge in [0.05, 0.1) is 18.4 Å². The van der Waals surface area contributed by atoms with E-state index in [0.29, 0.717) is 6.54 Å². The molecule has 0 bridgehead atoms. The molecule has 2 heterocycles. The number of rotatable bonds is 3. The molecule has 1 fully saturated rings. The lowest BCUT2D eigenvalue weighted by Crippen LogP contribution is -2.45. The highest BCUT2D eigenvalue weighted by Gasteiger charge is 2.20. The van der Waals surface area contributed by atoms with Crippen LogP contribution in [0.1, 0.15) is 5.69 Å². The number of pyridine rings is 1. The van der Waals surface area contributed by atoms with Crippen molar-refractivity contribution < 1.29 is 4.74 Å². The fourth-order valence-corrected chi connectivity index (χ4v) is 2.95. The van der Waals surface area contributed by atoms with E-state index in [4.69, 9.17) is 10.5 Å². The molecule has 2 rings (SSSR count). The normalized spacial score (nSPS) is 20.5. The highest BCUT2D eigenvalue weighted by molar-refractivity contribution is 9.11. The van der Waals surface area contributed by atoms with Crippen LogP contribution >= 0.6 is 44.3 Å². The highest BCUT2D eigenvalue weighted by Crippen LogP contribution is 2.21. The van der Waals surface area contributed by atoms with Gasteiger partial charge in [0.25, 0.3) is 0 Å². The first-order valence-electron chi connectivity index (χ1n) is 5.53. The number of ether oxygens (including phenoxy) is 1. The summed E-state index contributed by atoms with van der Waals surface area (Å²) in [7, 11) is 0. The van der Waals surface area contributed by atoms with Gasteiger partial charge in [-0.1, -0.05) is 0 Å². The average molecular weight is 402 g/mol. The Balaban J connectivity index is 0.00000162. The van der Waals surface area contributed by atoms with Gasteiger partial charge in [0, 0.05) is 41.3 Å². The molecule has 0 aromatic carbocycles. The molecule has 1 atom stereocenters. The molecule has 2 N–H and O–H groups in total. The third-order valence-corrected chi connectivity index (χ3v) is 3.86. The first kappa shape index (κ1) is 16.3. The average Bonchev–Trinajstić information content (AvgIpc) is 2.33. The summed E-state index contributed by atoms with van der Waals surface area (Å²) in [5, 5.41) is 0. The van der Waals surface area contributed by atoms with Gasteiger partial charge >= 0.3 is 0 Å². The summed E-state index contributed by atoms with van der Waals surface area (Å²) >= 11 is 6.93. The maximum Gasteiger partial charge on any atom is 0.0824 e. The molecule has 0 aliphatic carbocycles. The maximum atomic E-state index is 5.63. The topological polar surface area (TPSA) is 51.4 Å². The van der Waals surface area contributed by atoms with Crippen LogP contribution in [0.3, 0.4) is 0 Å². The minimum atomic E-state index is 0. The third kappa shape index (κ3) is 4.43. The Morgan fingerprint density at radius 2 is 2.28 bits per heavy atom. The molecule has 4 nitrogen and oxygen atoms in total. The van der Waals surface area contributed by atoms with Crippen LogP contribution in [-0.4, -0.2) is 42.2 Å². The standard InChI is InChI=1S/C11H15Br2N3O.ClH/c12-8-3-10(13)11(15-5-8)7-16-1-2-17-9(4-14)6-16;/h3,5,9H,1-2,4,6-7,14H2;1H. The van der Waals surface area contributed by atoms with Crippen LogP contribution in [0.4, 0.5) is 0 Å². The Morgan fingerprint density at radius 1 is 1.50 bits per heavy atom. The van der Waals surface area contributed by atoms with Crippen LogP contribution in [0.15, 0.2) is 21.2 Å². The zero-order valence-corrected chi connectivity index (χ0v) is 13.8. The van der Waals surface area contributed by atoms with Crippen molar-refractivity contribution in [2.45, 2.75) is 12.6 Å². The Kier molecular flexibility index (Phi) is 7.05. The molecular weight excluding hydrogens is 385 g/mol. The second-order valence-corrected chi connectivity index (χ2v) is 5.82. The van der Waals surface area contributed by atoms with E-state index in [-0.39, 0.29) is 18.5 Å². The summed E-state index contributed by atoms with van der Waals surface area (Å²) < 4.78 is 7.55. The van der Waals surface area contributed by atoms with Gasteiger partial charge in [0.15, 0.2) is 0 Å². The smallest absolute Gasteiger partial charge is 0.0824 e. The van der Waals surface area contributed by atoms with Crippen molar-refractivity contribution in [1.29, 1.82) is 0 Å². The summed E-state index contributed by atoms with van der Waals surface area (Å²) in [4.78, 5) is 6.74.